The standard InChI is InChI=1S/C89H148O17P2/c1-5-9-13-17-21-25-29-33-37-40-41-44-47-50-54-58-62-66-70-74-87(92)100-80-85(106-89(94)76-72-68-64-60-56-52-48-43-39-35-31-27-23-19-15-11-7-3)82-104-108(97,98)102-78-83(90)77-101-107(95,96)103-81-84(105-88(93)75-71-67-63-59-55-51-45-36-32-28-24-20-16-12-8-4)79-99-86(91)73-69-65-61-57-53-49-46-42-38-34-30-26-22-18-14-10-6-2/h10-12,14-16,21-28,33-39,41,44-45,48,52,83-85,90H,5-9,13,17-20,29-32,40,42-43,46-47,49-51,53-82H2,1-4H3,(H,95,96)(H,97,98)/b14-10-,15-11-,16-12-,25-21-,26-22-,27-23-,28-24-,37-33-,38-34-,39-35-,44-41-,45-36-,52-48-. The molecule has 0 spiro atoms. The van der Waals surface area contributed by atoms with E-state index in [4.69, 9.17) is 37.0 Å². The minimum Gasteiger partial charge on any atom is -0.462 e. The summed E-state index contributed by atoms with van der Waals surface area (Å²) in [5, 5.41) is 10.7. The van der Waals surface area contributed by atoms with Crippen LogP contribution in [-0.2, 0) is 65.4 Å². The zero-order chi connectivity index (χ0) is 78.9. The molecule has 0 aromatic heterocycles. The van der Waals surface area contributed by atoms with Crippen LogP contribution in [0.5, 0.6) is 0 Å². The van der Waals surface area contributed by atoms with Gasteiger partial charge < -0.3 is 33.8 Å². The Labute approximate surface area is 655 Å². The van der Waals surface area contributed by atoms with Crippen LogP contribution in [0.2, 0.25) is 0 Å². The topological polar surface area (TPSA) is 237 Å². The number of ether oxygens (including phenoxy) is 4. The van der Waals surface area contributed by atoms with E-state index in [1.165, 1.54) is 19.3 Å². The normalized spacial score (nSPS) is 14.6. The van der Waals surface area contributed by atoms with Gasteiger partial charge in [0.25, 0.3) is 0 Å². The molecule has 0 heterocycles. The molecule has 0 saturated carbocycles. The van der Waals surface area contributed by atoms with Gasteiger partial charge in [-0.2, -0.15) is 0 Å². The number of allylic oxidation sites excluding steroid dienone is 26. The third kappa shape index (κ3) is 78.8. The third-order valence-electron chi connectivity index (χ3n) is 17.0. The predicted octanol–water partition coefficient (Wildman–Crippen LogP) is 24.8. The van der Waals surface area contributed by atoms with Gasteiger partial charge in [0.1, 0.15) is 19.3 Å². The lowest BCUT2D eigenvalue weighted by Crippen LogP contribution is -2.30. The fourth-order valence-electron chi connectivity index (χ4n) is 10.7. The molecule has 0 amide bonds. The van der Waals surface area contributed by atoms with Crippen LogP contribution in [0.3, 0.4) is 0 Å². The van der Waals surface area contributed by atoms with Crippen LogP contribution in [0.15, 0.2) is 158 Å². The van der Waals surface area contributed by atoms with Crippen molar-refractivity contribution in [3.63, 3.8) is 0 Å². The van der Waals surface area contributed by atoms with Crippen LogP contribution in [-0.4, -0.2) is 96.7 Å². The number of aliphatic hydroxyl groups is 1. The molecule has 17 nitrogen and oxygen atoms in total. The van der Waals surface area contributed by atoms with E-state index in [1.807, 2.05) is 0 Å². The molecule has 5 atom stereocenters. The van der Waals surface area contributed by atoms with Crippen LogP contribution in [0.1, 0.15) is 323 Å². The van der Waals surface area contributed by atoms with E-state index in [-0.39, 0.29) is 25.7 Å². The lowest BCUT2D eigenvalue weighted by Gasteiger charge is -2.21. The highest BCUT2D eigenvalue weighted by Gasteiger charge is 2.30. The Morgan fingerprint density at radius 2 is 0.481 bits per heavy atom. The van der Waals surface area contributed by atoms with E-state index in [0.717, 1.165) is 225 Å². The highest BCUT2D eigenvalue weighted by Crippen LogP contribution is 2.45. The summed E-state index contributed by atoms with van der Waals surface area (Å²) in [5.74, 6) is -2.25. The lowest BCUT2D eigenvalue weighted by atomic mass is 10.1. The van der Waals surface area contributed by atoms with Crippen molar-refractivity contribution < 1.29 is 80.2 Å². The van der Waals surface area contributed by atoms with Crippen molar-refractivity contribution in [1.29, 1.82) is 0 Å². The van der Waals surface area contributed by atoms with Gasteiger partial charge in [-0.3, -0.25) is 37.3 Å². The SMILES string of the molecule is CC/C=C\C/C=C\C/C=C\C/C=C\CCCCCCC(=O)OC(COC(=O)CCCCCCCC/C=C\C/C=C\C/C=C\CCCCC)COP(=O)(O)OCC(O)COP(=O)(O)OCC(COC(=O)CCCCCCCCC/C=C\C/C=C\C/C=C\CC)OC(=O)CCCCCCC/C=C\C/C=C\C/C=C\CC. The molecule has 0 aliphatic carbocycles. The number of phosphoric acid groups is 2. The molecule has 5 unspecified atom stereocenters. The molecule has 108 heavy (non-hydrogen) atoms. The molecule has 19 heteroatoms. The summed E-state index contributed by atoms with van der Waals surface area (Å²) in [6.45, 7) is 4.46. The van der Waals surface area contributed by atoms with Crippen LogP contribution in [0.25, 0.3) is 0 Å². The zero-order valence-electron chi connectivity index (χ0n) is 67.5. The maximum Gasteiger partial charge on any atom is 0.472 e. The van der Waals surface area contributed by atoms with Gasteiger partial charge in [0.2, 0.25) is 0 Å². The van der Waals surface area contributed by atoms with Gasteiger partial charge in [0, 0.05) is 25.7 Å². The first-order chi connectivity index (χ1) is 52.7. The number of hydrogen-bond acceptors (Lipinski definition) is 15. The number of carbonyl (C=O) groups excluding carboxylic acids is 4. The highest BCUT2D eigenvalue weighted by molar-refractivity contribution is 7.47. The van der Waals surface area contributed by atoms with Crippen LogP contribution in [0, 0.1) is 0 Å². The number of hydrogen-bond donors (Lipinski definition) is 3. The number of aliphatic hydroxyl groups excluding tert-OH is 1. The van der Waals surface area contributed by atoms with Gasteiger partial charge in [-0.1, -0.05) is 288 Å². The van der Waals surface area contributed by atoms with Crippen molar-refractivity contribution in [3.05, 3.63) is 158 Å². The van der Waals surface area contributed by atoms with Crippen molar-refractivity contribution in [3.8, 4) is 0 Å². The number of phosphoric ester groups is 2. The first-order valence-corrected chi connectivity index (χ1v) is 44.7. The molecule has 0 bridgehead atoms. The van der Waals surface area contributed by atoms with Gasteiger partial charge in [-0.25, -0.2) is 9.13 Å². The second kappa shape index (κ2) is 79.8. The van der Waals surface area contributed by atoms with E-state index in [1.54, 1.807) is 0 Å². The van der Waals surface area contributed by atoms with Gasteiger partial charge in [0.15, 0.2) is 12.2 Å². The zero-order valence-corrected chi connectivity index (χ0v) is 69.3. The van der Waals surface area contributed by atoms with Crippen LogP contribution in [0.4, 0.5) is 0 Å². The first kappa shape index (κ1) is 103. The maximum absolute atomic E-state index is 13.1. The summed E-state index contributed by atoms with van der Waals surface area (Å²) in [6, 6.07) is 0. The summed E-state index contributed by atoms with van der Waals surface area (Å²) < 4.78 is 68.7. The fraction of sp³-hybridized carbons (Fsp3) is 0.663. The molecule has 0 aromatic rings. The second-order valence-electron chi connectivity index (χ2n) is 27.3. The molecular formula is C89H148O17P2. The predicted molar refractivity (Wildman–Crippen MR) is 445 cm³/mol. The number of rotatable bonds is 77. The Kier molecular flexibility index (Phi) is 75.8. The second-order valence-corrected chi connectivity index (χ2v) is 30.2. The molecule has 0 aromatic carbocycles. The molecule has 616 valence electrons. The lowest BCUT2D eigenvalue weighted by molar-refractivity contribution is -0.161. The highest BCUT2D eigenvalue weighted by atomic mass is 31.2. The van der Waals surface area contributed by atoms with Gasteiger partial charge in [-0.05, 0) is 167 Å². The van der Waals surface area contributed by atoms with Gasteiger partial charge in [0.05, 0.1) is 26.4 Å². The fourth-order valence-corrected chi connectivity index (χ4v) is 12.3. The van der Waals surface area contributed by atoms with Crippen LogP contribution >= 0.6 is 15.6 Å². The van der Waals surface area contributed by atoms with E-state index < -0.39 is 97.5 Å². The Morgan fingerprint density at radius 3 is 0.741 bits per heavy atom. The summed E-state index contributed by atoms with van der Waals surface area (Å²) in [7, 11) is -9.99. The average molecular weight is 1550 g/mol. The Balaban J connectivity index is 5.43. The van der Waals surface area contributed by atoms with Crippen molar-refractivity contribution in [2.75, 3.05) is 39.6 Å². The monoisotopic (exact) mass is 1550 g/mol. The first-order valence-electron chi connectivity index (χ1n) is 41.7. The van der Waals surface area contributed by atoms with Gasteiger partial charge >= 0.3 is 39.5 Å². The van der Waals surface area contributed by atoms with Crippen molar-refractivity contribution in [2.45, 2.75) is 341 Å². The Bertz CT molecular complexity index is 2660. The van der Waals surface area contributed by atoms with Crippen molar-refractivity contribution in [1.82, 2.24) is 0 Å². The Morgan fingerprint density at radius 1 is 0.269 bits per heavy atom. The molecule has 0 radical (unpaired) electrons. The third-order valence-corrected chi connectivity index (χ3v) is 18.9. The molecule has 0 saturated heterocycles. The molecule has 0 aliphatic rings. The maximum atomic E-state index is 13.1. The van der Waals surface area contributed by atoms with Crippen molar-refractivity contribution >= 4 is 39.5 Å². The van der Waals surface area contributed by atoms with E-state index in [0.29, 0.717) is 25.7 Å². The Hall–Kier alpha value is -5.32. The number of esters is 4. The van der Waals surface area contributed by atoms with E-state index in [9.17, 15) is 43.2 Å². The average Bonchev–Trinajstić information content (AvgIpc) is 0.900. The smallest absolute Gasteiger partial charge is 0.462 e. The largest absolute Gasteiger partial charge is 0.472 e. The summed E-state index contributed by atoms with van der Waals surface area (Å²) in [4.78, 5) is 73.2. The molecular weight excluding hydrogens is 1400 g/mol. The minimum atomic E-state index is -5.00. The van der Waals surface area contributed by atoms with Crippen LogP contribution < -0.4 is 0 Å². The van der Waals surface area contributed by atoms with E-state index >= 15 is 0 Å². The number of unbranched alkanes of at least 4 members (excludes halogenated alkanes) is 25. The molecule has 0 fully saturated rings. The quantitative estimate of drug-likeness (QED) is 0.0169. The molecule has 0 rings (SSSR count). The van der Waals surface area contributed by atoms with Gasteiger partial charge in [-0.15, -0.1) is 0 Å². The van der Waals surface area contributed by atoms with Crippen molar-refractivity contribution in [2.24, 2.45) is 0 Å². The summed E-state index contributed by atoms with van der Waals surface area (Å²) >= 11 is 0. The molecule has 3 N–H and O–H groups in total. The molecule has 0 aliphatic heterocycles. The van der Waals surface area contributed by atoms with E-state index in [2.05, 4.69) is 186 Å². The summed E-state index contributed by atoms with van der Waals surface area (Å²) in [5.41, 5.74) is 0. The number of carbonyl (C=O) groups is 4. The minimum absolute atomic E-state index is 0.0589. The summed E-state index contributed by atoms with van der Waals surface area (Å²) in [6.07, 6.45) is 93.5.